The van der Waals surface area contributed by atoms with Crippen molar-refractivity contribution in [1.82, 2.24) is 0 Å². The third kappa shape index (κ3) is 2.00. The summed E-state index contributed by atoms with van der Waals surface area (Å²) in [7, 11) is 0. The molecule has 0 amide bonds. The highest BCUT2D eigenvalue weighted by molar-refractivity contribution is 7.66. The zero-order valence-electron chi connectivity index (χ0n) is 6.20. The molecule has 11 heavy (non-hydrogen) atoms. The van der Waals surface area contributed by atoms with Gasteiger partial charge in [0.05, 0.1) is 0 Å². The summed E-state index contributed by atoms with van der Waals surface area (Å²) < 4.78 is 10.3. The van der Waals surface area contributed by atoms with Crippen molar-refractivity contribution >= 4 is 16.2 Å². The standard InChI is InChI=1S/C8H9NOS/c1-6-2-4-7(5-3-6)8(9)11-10/h2-5H,9H2,1H3. The van der Waals surface area contributed by atoms with Gasteiger partial charge in [-0.05, 0) is 6.92 Å². The highest BCUT2D eigenvalue weighted by Crippen LogP contribution is 2.01. The van der Waals surface area contributed by atoms with Gasteiger partial charge in [0, 0.05) is 5.56 Å². The zero-order chi connectivity index (χ0) is 8.27. The molecule has 0 aliphatic carbocycles. The van der Waals surface area contributed by atoms with Crippen molar-refractivity contribution in [2.75, 3.05) is 0 Å². The Labute approximate surface area is 69.1 Å². The van der Waals surface area contributed by atoms with Crippen molar-refractivity contribution in [2.45, 2.75) is 6.92 Å². The van der Waals surface area contributed by atoms with Gasteiger partial charge in [0.2, 0.25) is 0 Å². The molecule has 1 rings (SSSR count). The van der Waals surface area contributed by atoms with Crippen molar-refractivity contribution < 1.29 is 4.21 Å². The third-order valence-corrected chi connectivity index (χ3v) is 1.84. The maximum absolute atomic E-state index is 10.3. The quantitative estimate of drug-likeness (QED) is 0.624. The highest BCUT2D eigenvalue weighted by Gasteiger charge is 1.94. The van der Waals surface area contributed by atoms with Crippen molar-refractivity contribution in [3.63, 3.8) is 0 Å². The fourth-order valence-electron chi connectivity index (χ4n) is 0.766. The second-order valence-electron chi connectivity index (χ2n) is 2.31. The molecule has 58 valence electrons. The number of hydrogen-bond donors (Lipinski definition) is 1. The average molecular weight is 167 g/mol. The fraction of sp³-hybridized carbons (Fsp3) is 0.125. The van der Waals surface area contributed by atoms with E-state index in [0.29, 0.717) is 16.2 Å². The largest absolute Gasteiger partial charge is 0.291 e. The third-order valence-electron chi connectivity index (χ3n) is 1.43. The van der Waals surface area contributed by atoms with Crippen LogP contribution in [0.5, 0.6) is 0 Å². The molecule has 0 atom stereocenters. The zero-order valence-corrected chi connectivity index (χ0v) is 7.02. The Kier molecular flexibility index (Phi) is 2.57. The van der Waals surface area contributed by atoms with Gasteiger partial charge in [-0.3, -0.25) is 5.73 Å². The van der Waals surface area contributed by atoms with Gasteiger partial charge in [-0.1, -0.05) is 29.8 Å². The molecule has 0 spiro atoms. The SMILES string of the molecule is Cc1ccc(C(N)=S=O)cc1. The first kappa shape index (κ1) is 8.17. The van der Waals surface area contributed by atoms with Gasteiger partial charge in [-0.25, -0.2) is 4.21 Å². The lowest BCUT2D eigenvalue weighted by Crippen LogP contribution is -2.12. The van der Waals surface area contributed by atoms with Gasteiger partial charge in [-0.2, -0.15) is 0 Å². The predicted octanol–water partition coefficient (Wildman–Crippen LogP) is 0.645. The molecular formula is C8H9NOS. The predicted molar refractivity (Wildman–Crippen MR) is 47.6 cm³/mol. The number of aryl methyl sites for hydroxylation is 1. The minimum Gasteiger partial charge on any atom is -0.291 e. The number of nitrogens with two attached hydrogens (primary N) is 1. The summed E-state index contributed by atoms with van der Waals surface area (Å²) in [6, 6.07) is 7.54. The number of hydrogen-bond acceptors (Lipinski definition) is 1. The second-order valence-corrected chi connectivity index (χ2v) is 2.92. The van der Waals surface area contributed by atoms with Gasteiger partial charge in [0.1, 0.15) is 16.2 Å². The summed E-state index contributed by atoms with van der Waals surface area (Å²) in [4.78, 5) is 0.324. The molecule has 0 heterocycles. The van der Waals surface area contributed by atoms with Crippen molar-refractivity contribution in [2.24, 2.45) is 5.73 Å². The van der Waals surface area contributed by atoms with Crippen LogP contribution in [0.2, 0.25) is 0 Å². The molecule has 0 saturated carbocycles. The molecule has 0 aliphatic heterocycles. The normalized spacial score (nSPS) is 9.27. The molecule has 0 fully saturated rings. The van der Waals surface area contributed by atoms with Gasteiger partial charge in [0.25, 0.3) is 0 Å². The van der Waals surface area contributed by atoms with E-state index in [2.05, 4.69) is 0 Å². The molecule has 0 unspecified atom stereocenters. The van der Waals surface area contributed by atoms with Crippen LogP contribution < -0.4 is 5.73 Å². The summed E-state index contributed by atoms with van der Waals surface area (Å²) in [5.41, 5.74) is 7.38. The van der Waals surface area contributed by atoms with Crippen LogP contribution in [-0.4, -0.2) is 9.20 Å². The molecule has 0 aromatic heterocycles. The van der Waals surface area contributed by atoms with E-state index < -0.39 is 0 Å². The lowest BCUT2D eigenvalue weighted by atomic mass is 10.1. The smallest absolute Gasteiger partial charge is 0.114 e. The summed E-state index contributed by atoms with van der Waals surface area (Å²) in [5.74, 6) is 0. The van der Waals surface area contributed by atoms with Crippen LogP contribution in [0.25, 0.3) is 0 Å². The van der Waals surface area contributed by atoms with E-state index in [1.54, 1.807) is 0 Å². The minimum atomic E-state index is 0.324. The van der Waals surface area contributed by atoms with E-state index >= 15 is 0 Å². The Hall–Kier alpha value is -0.930. The highest BCUT2D eigenvalue weighted by atomic mass is 32.1. The second kappa shape index (κ2) is 3.46. The van der Waals surface area contributed by atoms with E-state index in [1.165, 1.54) is 0 Å². The summed E-state index contributed by atoms with van der Waals surface area (Å²) in [5, 5.41) is 0. The van der Waals surface area contributed by atoms with E-state index in [4.69, 9.17) is 5.73 Å². The molecule has 1 aromatic rings. The number of rotatable bonds is 1. The van der Waals surface area contributed by atoms with E-state index in [1.807, 2.05) is 31.2 Å². The lowest BCUT2D eigenvalue weighted by Gasteiger charge is -1.95. The summed E-state index contributed by atoms with van der Waals surface area (Å²) in [6.45, 7) is 1.99. The number of benzene rings is 1. The van der Waals surface area contributed by atoms with Crippen LogP contribution in [0, 0.1) is 6.92 Å². The molecule has 3 heteroatoms. The van der Waals surface area contributed by atoms with Crippen LogP contribution in [0.3, 0.4) is 0 Å². The maximum Gasteiger partial charge on any atom is 0.114 e. The fourth-order valence-corrected chi connectivity index (χ4v) is 0.998. The first-order chi connectivity index (χ1) is 5.24. The van der Waals surface area contributed by atoms with Crippen LogP contribution in [0.15, 0.2) is 24.3 Å². The van der Waals surface area contributed by atoms with E-state index in [9.17, 15) is 4.21 Å². The van der Waals surface area contributed by atoms with Crippen LogP contribution in [0.4, 0.5) is 0 Å². The Morgan fingerprint density at radius 1 is 1.36 bits per heavy atom. The Bertz CT molecular complexity index is 298. The molecule has 2 N–H and O–H groups in total. The van der Waals surface area contributed by atoms with Gasteiger partial charge >= 0.3 is 0 Å². The Balaban J connectivity index is 3.08. The van der Waals surface area contributed by atoms with Gasteiger partial charge in [0.15, 0.2) is 0 Å². The molecule has 0 saturated heterocycles. The average Bonchev–Trinajstić information content (AvgIpc) is 2.05. The van der Waals surface area contributed by atoms with Crippen LogP contribution in [-0.2, 0) is 11.3 Å². The van der Waals surface area contributed by atoms with Crippen LogP contribution in [0.1, 0.15) is 11.1 Å². The molecule has 0 aliphatic rings. The Morgan fingerprint density at radius 3 is 2.36 bits per heavy atom. The summed E-state index contributed by atoms with van der Waals surface area (Å²) in [6.07, 6.45) is 0. The van der Waals surface area contributed by atoms with Crippen molar-refractivity contribution in [3.05, 3.63) is 35.4 Å². The minimum absolute atomic E-state index is 0.324. The first-order valence-corrected chi connectivity index (χ1v) is 3.97. The van der Waals surface area contributed by atoms with Gasteiger partial charge < -0.3 is 0 Å². The van der Waals surface area contributed by atoms with E-state index in [0.717, 1.165) is 11.1 Å². The molecular weight excluding hydrogens is 158 g/mol. The lowest BCUT2D eigenvalue weighted by molar-refractivity contribution is 0.701. The molecule has 2 nitrogen and oxygen atoms in total. The van der Waals surface area contributed by atoms with Crippen molar-refractivity contribution in [1.29, 1.82) is 0 Å². The molecule has 0 radical (unpaired) electrons. The Morgan fingerprint density at radius 2 is 1.91 bits per heavy atom. The summed E-state index contributed by atoms with van der Waals surface area (Å²) >= 11 is 0.328. The van der Waals surface area contributed by atoms with Crippen molar-refractivity contribution in [3.8, 4) is 0 Å². The molecule has 1 aromatic carbocycles. The van der Waals surface area contributed by atoms with Gasteiger partial charge in [-0.15, -0.1) is 0 Å². The topological polar surface area (TPSA) is 43.1 Å². The molecule has 0 bridgehead atoms. The maximum atomic E-state index is 10.3. The van der Waals surface area contributed by atoms with Crippen LogP contribution >= 0.6 is 0 Å². The first-order valence-electron chi connectivity index (χ1n) is 3.23. The monoisotopic (exact) mass is 167 g/mol. The van der Waals surface area contributed by atoms with E-state index in [-0.39, 0.29) is 0 Å².